The summed E-state index contributed by atoms with van der Waals surface area (Å²) in [4.78, 5) is 19.4. The molecule has 0 N–H and O–H groups in total. The van der Waals surface area contributed by atoms with Crippen LogP contribution in [0.25, 0.3) is 10.8 Å². The number of fused-ring (bicyclic) bond motifs is 1. The van der Waals surface area contributed by atoms with Crippen LogP contribution in [0, 0.1) is 0 Å². The van der Waals surface area contributed by atoms with Gasteiger partial charge < -0.3 is 18.9 Å². The van der Waals surface area contributed by atoms with Crippen molar-refractivity contribution in [3.63, 3.8) is 0 Å². The molecule has 2 heterocycles. The summed E-state index contributed by atoms with van der Waals surface area (Å²) in [5, 5.41) is 5.97. The molecule has 0 aliphatic carbocycles. The first-order valence-corrected chi connectivity index (χ1v) is 8.46. The van der Waals surface area contributed by atoms with Crippen LogP contribution in [0.1, 0.15) is 28.1 Å². The summed E-state index contributed by atoms with van der Waals surface area (Å²) in [6, 6.07) is 13.2. The lowest BCUT2D eigenvalue weighted by atomic mass is 10.0. The lowest BCUT2D eigenvalue weighted by Gasteiger charge is -2.34. The molecule has 0 radical (unpaired) electrons. The topological polar surface area (TPSA) is 77.7 Å². The summed E-state index contributed by atoms with van der Waals surface area (Å²) >= 11 is 0. The predicted octanol–water partition coefficient (Wildman–Crippen LogP) is 2.58. The highest BCUT2D eigenvalue weighted by Crippen LogP contribution is 2.27. The summed E-state index contributed by atoms with van der Waals surface area (Å²) < 4.78 is 15.8. The molecule has 0 saturated carbocycles. The largest absolute Gasteiger partial charge is 0.377 e. The van der Waals surface area contributed by atoms with Gasteiger partial charge in [0.15, 0.2) is 5.82 Å². The fourth-order valence-corrected chi connectivity index (χ4v) is 3.21. The Morgan fingerprint density at radius 3 is 3.00 bits per heavy atom. The van der Waals surface area contributed by atoms with Crippen molar-refractivity contribution in [1.82, 2.24) is 15.0 Å². The number of benzene rings is 2. The van der Waals surface area contributed by atoms with Crippen LogP contribution in [0.2, 0.25) is 0 Å². The standard InChI is InChI=1S/C19H19N3O4/c1-24-12-17-20-18(21-26-17)16-11-25-10-9-22(16)19(23)15-8-4-6-13-5-2-3-7-14(13)15/h2-8,16H,9-12H2,1H3. The smallest absolute Gasteiger partial charge is 0.255 e. The molecule has 1 saturated heterocycles. The van der Waals surface area contributed by atoms with E-state index in [4.69, 9.17) is 14.0 Å². The second-order valence-corrected chi connectivity index (χ2v) is 6.10. The minimum absolute atomic E-state index is 0.0619. The van der Waals surface area contributed by atoms with Crippen molar-refractivity contribution in [2.75, 3.05) is 26.9 Å². The summed E-state index contributed by atoms with van der Waals surface area (Å²) in [6.07, 6.45) is 0. The number of nitrogens with zero attached hydrogens (tertiary/aromatic N) is 3. The quantitative estimate of drug-likeness (QED) is 0.717. The van der Waals surface area contributed by atoms with E-state index in [1.165, 1.54) is 0 Å². The first-order valence-electron chi connectivity index (χ1n) is 8.46. The molecule has 1 aliphatic heterocycles. The molecule has 1 amide bonds. The minimum atomic E-state index is -0.385. The van der Waals surface area contributed by atoms with Gasteiger partial charge in [-0.1, -0.05) is 41.6 Å². The summed E-state index contributed by atoms with van der Waals surface area (Å²) in [6.45, 7) is 1.52. The Labute approximate surface area is 150 Å². The highest BCUT2D eigenvalue weighted by Gasteiger charge is 2.33. The maximum Gasteiger partial charge on any atom is 0.255 e. The van der Waals surface area contributed by atoms with Crippen LogP contribution in [0.15, 0.2) is 47.0 Å². The van der Waals surface area contributed by atoms with E-state index in [1.54, 1.807) is 12.0 Å². The van der Waals surface area contributed by atoms with Crippen LogP contribution in [-0.2, 0) is 16.1 Å². The molecule has 1 aliphatic rings. The summed E-state index contributed by atoms with van der Waals surface area (Å²) in [5.74, 6) is 0.754. The van der Waals surface area contributed by atoms with E-state index in [0.717, 1.165) is 10.8 Å². The molecule has 1 fully saturated rings. The Bertz CT molecular complexity index is 919. The number of hydrogen-bond acceptors (Lipinski definition) is 6. The maximum absolute atomic E-state index is 13.3. The highest BCUT2D eigenvalue weighted by molar-refractivity contribution is 6.07. The molecule has 7 nitrogen and oxygen atoms in total. The van der Waals surface area contributed by atoms with E-state index >= 15 is 0 Å². The molecule has 4 rings (SSSR count). The number of rotatable bonds is 4. The number of hydrogen-bond donors (Lipinski definition) is 0. The number of ether oxygens (including phenoxy) is 2. The van der Waals surface area contributed by atoms with Crippen LogP contribution in [0.4, 0.5) is 0 Å². The van der Waals surface area contributed by atoms with Gasteiger partial charge in [-0.3, -0.25) is 4.79 Å². The van der Waals surface area contributed by atoms with E-state index in [-0.39, 0.29) is 18.6 Å². The molecule has 3 aromatic rings. The van der Waals surface area contributed by atoms with Gasteiger partial charge in [0.05, 0.1) is 13.2 Å². The average molecular weight is 353 g/mol. The predicted molar refractivity (Wildman–Crippen MR) is 93.6 cm³/mol. The van der Waals surface area contributed by atoms with Crippen LogP contribution in [0.3, 0.4) is 0 Å². The zero-order valence-corrected chi connectivity index (χ0v) is 14.4. The zero-order chi connectivity index (χ0) is 17.9. The molecule has 0 bridgehead atoms. The van der Waals surface area contributed by atoms with E-state index < -0.39 is 0 Å². The van der Waals surface area contributed by atoms with Gasteiger partial charge in [0.1, 0.15) is 12.6 Å². The van der Waals surface area contributed by atoms with Crippen molar-refractivity contribution in [2.24, 2.45) is 0 Å². The van der Waals surface area contributed by atoms with Gasteiger partial charge in [0.25, 0.3) is 11.8 Å². The molecular weight excluding hydrogens is 334 g/mol. The van der Waals surface area contributed by atoms with Crippen LogP contribution in [-0.4, -0.2) is 47.8 Å². The third-order valence-electron chi connectivity index (χ3n) is 4.46. The van der Waals surface area contributed by atoms with E-state index in [9.17, 15) is 4.79 Å². The van der Waals surface area contributed by atoms with Crippen LogP contribution in [0.5, 0.6) is 0 Å². The fraction of sp³-hybridized carbons (Fsp3) is 0.316. The molecule has 7 heteroatoms. The van der Waals surface area contributed by atoms with Gasteiger partial charge in [-0.05, 0) is 16.8 Å². The third kappa shape index (κ3) is 3.07. The SMILES string of the molecule is COCc1nc(C2COCCN2C(=O)c2cccc3ccccc23)no1. The Hall–Kier alpha value is -2.77. The van der Waals surface area contributed by atoms with E-state index in [0.29, 0.717) is 37.0 Å². The maximum atomic E-state index is 13.3. The van der Waals surface area contributed by atoms with Gasteiger partial charge in [0.2, 0.25) is 0 Å². The number of methoxy groups -OCH3 is 1. The minimum Gasteiger partial charge on any atom is -0.377 e. The molecule has 1 unspecified atom stereocenters. The first-order chi connectivity index (χ1) is 12.8. The summed E-state index contributed by atoms with van der Waals surface area (Å²) in [7, 11) is 1.56. The van der Waals surface area contributed by atoms with Crippen molar-refractivity contribution >= 4 is 16.7 Å². The van der Waals surface area contributed by atoms with Crippen molar-refractivity contribution in [2.45, 2.75) is 12.6 Å². The number of morpholine rings is 1. The lowest BCUT2D eigenvalue weighted by Crippen LogP contribution is -2.44. The molecular formula is C19H19N3O4. The van der Waals surface area contributed by atoms with Gasteiger partial charge >= 0.3 is 0 Å². The lowest BCUT2D eigenvalue weighted by molar-refractivity contribution is -0.00566. The molecule has 1 atom stereocenters. The number of aromatic nitrogens is 2. The van der Waals surface area contributed by atoms with Gasteiger partial charge in [0, 0.05) is 19.2 Å². The molecule has 26 heavy (non-hydrogen) atoms. The first kappa shape index (κ1) is 16.7. The van der Waals surface area contributed by atoms with Crippen molar-refractivity contribution in [3.8, 4) is 0 Å². The monoisotopic (exact) mass is 353 g/mol. The Balaban J connectivity index is 1.68. The normalized spacial score (nSPS) is 17.6. The van der Waals surface area contributed by atoms with Gasteiger partial charge in [-0.15, -0.1) is 0 Å². The second kappa shape index (κ2) is 7.23. The average Bonchev–Trinajstić information content (AvgIpc) is 3.16. The number of carbonyl (C=O) groups is 1. The second-order valence-electron chi connectivity index (χ2n) is 6.10. The Morgan fingerprint density at radius 2 is 2.12 bits per heavy atom. The Kier molecular flexibility index (Phi) is 4.64. The molecule has 2 aromatic carbocycles. The van der Waals surface area contributed by atoms with Crippen LogP contribution >= 0.6 is 0 Å². The van der Waals surface area contributed by atoms with Crippen molar-refractivity contribution in [1.29, 1.82) is 0 Å². The van der Waals surface area contributed by atoms with E-state index in [1.807, 2.05) is 42.5 Å². The zero-order valence-electron chi connectivity index (χ0n) is 14.4. The third-order valence-corrected chi connectivity index (χ3v) is 4.46. The molecule has 134 valence electrons. The number of amides is 1. The van der Waals surface area contributed by atoms with Gasteiger partial charge in [-0.25, -0.2) is 0 Å². The van der Waals surface area contributed by atoms with E-state index in [2.05, 4.69) is 10.1 Å². The molecule has 0 spiro atoms. The number of carbonyl (C=O) groups excluding carboxylic acids is 1. The van der Waals surface area contributed by atoms with Crippen molar-refractivity contribution in [3.05, 3.63) is 59.7 Å². The van der Waals surface area contributed by atoms with Gasteiger partial charge in [-0.2, -0.15) is 4.98 Å². The van der Waals surface area contributed by atoms with Crippen molar-refractivity contribution < 1.29 is 18.8 Å². The van der Waals surface area contributed by atoms with Crippen LogP contribution < -0.4 is 0 Å². The fourth-order valence-electron chi connectivity index (χ4n) is 3.21. The Morgan fingerprint density at radius 1 is 1.27 bits per heavy atom. The summed E-state index contributed by atoms with van der Waals surface area (Å²) in [5.41, 5.74) is 0.663. The molecule has 1 aromatic heterocycles. The highest BCUT2D eigenvalue weighted by atomic mass is 16.5.